The summed E-state index contributed by atoms with van der Waals surface area (Å²) in [5.74, 6) is 2.21. The van der Waals surface area contributed by atoms with E-state index in [4.69, 9.17) is 4.74 Å². The third-order valence-corrected chi connectivity index (χ3v) is 5.74. The Hall–Kier alpha value is -0.890. The third-order valence-electron chi connectivity index (χ3n) is 5.74. The number of ketones is 1. The van der Waals surface area contributed by atoms with Gasteiger partial charge in [0, 0.05) is 11.8 Å². The van der Waals surface area contributed by atoms with Crippen LogP contribution < -0.4 is 0 Å². The van der Waals surface area contributed by atoms with Gasteiger partial charge in [0.05, 0.1) is 6.61 Å². The van der Waals surface area contributed by atoms with Crippen molar-refractivity contribution in [3.05, 3.63) is 24.3 Å². The van der Waals surface area contributed by atoms with E-state index in [1.807, 2.05) is 6.08 Å². The predicted octanol–water partition coefficient (Wildman–Crippen LogP) is 1.72. The molecule has 0 amide bonds. The smallest absolute Gasteiger partial charge is 0.159 e. The lowest BCUT2D eigenvalue weighted by atomic mass is 9.70. The molecule has 3 fully saturated rings. The SMILES string of the molecule is O=C1C=C[C@@]2(CO2)[C@@H]2[C@H]1[C@@H]1C=C[C@H]2C12CC2. The van der Waals surface area contributed by atoms with E-state index < -0.39 is 0 Å². The maximum absolute atomic E-state index is 12.1. The first-order valence-electron chi connectivity index (χ1n) is 6.32. The average Bonchev–Trinajstić information content (AvgIpc) is 3.16. The van der Waals surface area contributed by atoms with Crippen LogP contribution in [0.25, 0.3) is 0 Å². The topological polar surface area (TPSA) is 29.6 Å². The van der Waals surface area contributed by atoms with Gasteiger partial charge in [0.25, 0.3) is 0 Å². The van der Waals surface area contributed by atoms with E-state index in [0.717, 1.165) is 6.61 Å². The quantitative estimate of drug-likeness (QED) is 0.454. The standard InChI is InChI=1S/C14H14O2/c15-10-3-4-14(7-16-14)12-9-2-1-8(11(10)12)13(9)5-6-13/h1-4,8-9,11-12H,5-7H2/t8-,9+,11-,12-,14+/m0/s1. The average molecular weight is 214 g/mol. The van der Waals surface area contributed by atoms with E-state index in [9.17, 15) is 4.79 Å². The first-order chi connectivity index (χ1) is 7.77. The molecule has 5 aliphatic rings. The molecule has 16 heavy (non-hydrogen) atoms. The number of rotatable bonds is 0. The fourth-order valence-corrected chi connectivity index (χ4v) is 4.84. The number of hydrogen-bond acceptors (Lipinski definition) is 2. The molecule has 2 heteroatoms. The summed E-state index contributed by atoms with van der Waals surface area (Å²) in [6, 6.07) is 0. The molecule has 0 radical (unpaired) electrons. The van der Waals surface area contributed by atoms with Crippen molar-refractivity contribution in [1.29, 1.82) is 0 Å². The summed E-state index contributed by atoms with van der Waals surface area (Å²) in [6.45, 7) is 0.838. The molecule has 0 aromatic carbocycles. The lowest BCUT2D eigenvalue weighted by Crippen LogP contribution is -2.39. The molecule has 2 spiro atoms. The summed E-state index contributed by atoms with van der Waals surface area (Å²) in [7, 11) is 0. The molecule has 1 aliphatic heterocycles. The summed E-state index contributed by atoms with van der Waals surface area (Å²) in [5.41, 5.74) is 0.439. The summed E-state index contributed by atoms with van der Waals surface area (Å²) in [6.07, 6.45) is 11.2. The van der Waals surface area contributed by atoms with Crippen LogP contribution in [0.4, 0.5) is 0 Å². The van der Waals surface area contributed by atoms with Crippen molar-refractivity contribution in [1.82, 2.24) is 0 Å². The molecule has 5 rings (SSSR count). The normalized spacial score (nSPS) is 57.4. The van der Waals surface area contributed by atoms with Crippen LogP contribution in [0.5, 0.6) is 0 Å². The van der Waals surface area contributed by atoms with Crippen molar-refractivity contribution in [2.75, 3.05) is 6.61 Å². The first-order valence-corrected chi connectivity index (χ1v) is 6.32. The van der Waals surface area contributed by atoms with Gasteiger partial charge in [0.15, 0.2) is 5.78 Å². The minimum Gasteiger partial charge on any atom is -0.365 e. The highest BCUT2D eigenvalue weighted by Crippen LogP contribution is 2.75. The Morgan fingerprint density at radius 2 is 2.00 bits per heavy atom. The summed E-state index contributed by atoms with van der Waals surface area (Å²) in [4.78, 5) is 12.1. The number of hydrogen-bond donors (Lipinski definition) is 0. The Morgan fingerprint density at radius 3 is 2.69 bits per heavy atom. The number of ether oxygens (including phenoxy) is 1. The zero-order valence-electron chi connectivity index (χ0n) is 9.06. The molecular formula is C14H14O2. The maximum Gasteiger partial charge on any atom is 0.159 e. The van der Waals surface area contributed by atoms with Gasteiger partial charge < -0.3 is 4.74 Å². The van der Waals surface area contributed by atoms with Gasteiger partial charge in [-0.05, 0) is 42.2 Å². The lowest BCUT2D eigenvalue weighted by Gasteiger charge is -2.32. The molecule has 0 aromatic heterocycles. The van der Waals surface area contributed by atoms with Crippen LogP contribution in [-0.4, -0.2) is 18.0 Å². The number of carbonyl (C=O) groups is 1. The monoisotopic (exact) mass is 214 g/mol. The fourth-order valence-electron chi connectivity index (χ4n) is 4.84. The van der Waals surface area contributed by atoms with E-state index in [-0.39, 0.29) is 11.5 Å². The molecule has 1 heterocycles. The van der Waals surface area contributed by atoms with Crippen molar-refractivity contribution in [2.24, 2.45) is 29.1 Å². The van der Waals surface area contributed by atoms with Gasteiger partial charge in [-0.1, -0.05) is 12.2 Å². The second kappa shape index (κ2) is 2.08. The second-order valence-corrected chi connectivity index (χ2v) is 6.20. The zero-order chi connectivity index (χ0) is 10.5. The van der Waals surface area contributed by atoms with Gasteiger partial charge in [-0.2, -0.15) is 0 Å². The number of epoxide rings is 1. The maximum atomic E-state index is 12.1. The molecule has 1 saturated heterocycles. The fraction of sp³-hybridized carbons (Fsp3) is 0.643. The summed E-state index contributed by atoms with van der Waals surface area (Å²) < 4.78 is 5.70. The molecule has 2 nitrogen and oxygen atoms in total. The van der Waals surface area contributed by atoms with Crippen molar-refractivity contribution in [2.45, 2.75) is 18.4 Å². The van der Waals surface area contributed by atoms with Crippen molar-refractivity contribution >= 4 is 5.78 Å². The van der Waals surface area contributed by atoms with E-state index in [0.29, 0.717) is 29.0 Å². The van der Waals surface area contributed by atoms with Gasteiger partial charge in [-0.25, -0.2) is 0 Å². The van der Waals surface area contributed by atoms with Crippen molar-refractivity contribution < 1.29 is 9.53 Å². The Bertz CT molecular complexity index is 465. The molecule has 0 N–H and O–H groups in total. The summed E-state index contributed by atoms with van der Waals surface area (Å²) >= 11 is 0. The van der Waals surface area contributed by atoms with Crippen LogP contribution in [0.3, 0.4) is 0 Å². The van der Waals surface area contributed by atoms with E-state index in [2.05, 4.69) is 12.2 Å². The summed E-state index contributed by atoms with van der Waals surface area (Å²) in [5, 5.41) is 0. The van der Waals surface area contributed by atoms with Gasteiger partial charge in [-0.3, -0.25) is 4.79 Å². The molecule has 2 saturated carbocycles. The van der Waals surface area contributed by atoms with Crippen LogP contribution in [0.15, 0.2) is 24.3 Å². The Labute approximate surface area is 94.4 Å². The first kappa shape index (κ1) is 8.24. The Balaban J connectivity index is 1.73. The third kappa shape index (κ3) is 0.657. The van der Waals surface area contributed by atoms with Crippen molar-refractivity contribution in [3.8, 4) is 0 Å². The molecule has 5 atom stereocenters. The molecule has 4 aliphatic carbocycles. The highest BCUT2D eigenvalue weighted by atomic mass is 16.6. The molecule has 82 valence electrons. The minimum absolute atomic E-state index is 0.0433. The van der Waals surface area contributed by atoms with Gasteiger partial charge in [0.2, 0.25) is 0 Å². The largest absolute Gasteiger partial charge is 0.365 e. The highest BCUT2D eigenvalue weighted by molar-refractivity contribution is 5.95. The highest BCUT2D eigenvalue weighted by Gasteiger charge is 2.74. The van der Waals surface area contributed by atoms with Crippen LogP contribution in [0, 0.1) is 29.1 Å². The van der Waals surface area contributed by atoms with Crippen LogP contribution in [-0.2, 0) is 9.53 Å². The zero-order valence-corrected chi connectivity index (χ0v) is 9.06. The predicted molar refractivity (Wildman–Crippen MR) is 57.6 cm³/mol. The molecule has 0 aromatic rings. The van der Waals surface area contributed by atoms with Crippen molar-refractivity contribution in [3.63, 3.8) is 0 Å². The number of fused-ring (bicyclic) bond motifs is 4. The molecule has 2 bridgehead atoms. The molecule has 0 unspecified atom stereocenters. The van der Waals surface area contributed by atoms with Gasteiger partial charge in [-0.15, -0.1) is 0 Å². The van der Waals surface area contributed by atoms with E-state index in [1.54, 1.807) is 6.08 Å². The van der Waals surface area contributed by atoms with Crippen LogP contribution in [0.2, 0.25) is 0 Å². The Morgan fingerprint density at radius 1 is 1.25 bits per heavy atom. The van der Waals surface area contributed by atoms with Crippen LogP contribution in [0.1, 0.15) is 12.8 Å². The number of allylic oxidation sites excluding steroid dienone is 3. The van der Waals surface area contributed by atoms with Crippen LogP contribution >= 0.6 is 0 Å². The number of carbonyl (C=O) groups excluding carboxylic acids is 1. The lowest BCUT2D eigenvalue weighted by molar-refractivity contribution is -0.121. The Kier molecular flexibility index (Phi) is 1.07. The van der Waals surface area contributed by atoms with E-state index >= 15 is 0 Å². The minimum atomic E-state index is -0.0433. The second-order valence-electron chi connectivity index (χ2n) is 6.20. The van der Waals surface area contributed by atoms with Gasteiger partial charge >= 0.3 is 0 Å². The van der Waals surface area contributed by atoms with Gasteiger partial charge in [0.1, 0.15) is 5.60 Å². The van der Waals surface area contributed by atoms with E-state index in [1.165, 1.54) is 12.8 Å². The molecular weight excluding hydrogens is 200 g/mol.